The third kappa shape index (κ3) is 5.39. The SMILES string of the molecule is Fc1ccc(-c2ccc(-n3c4ccccc4c4ccc(Cc5cccc(-c6nccc7cc(-c8ccc(F)cc8)ccc67)c5)cc43)nc2)cc1. The van der Waals surface area contributed by atoms with Crippen molar-refractivity contribution >= 4 is 32.6 Å². The van der Waals surface area contributed by atoms with E-state index in [9.17, 15) is 8.78 Å². The molecule has 0 unspecified atom stereocenters. The van der Waals surface area contributed by atoms with E-state index >= 15 is 0 Å². The first kappa shape index (κ1) is 29.7. The Hall–Kier alpha value is -6.46. The molecule has 6 aromatic carbocycles. The molecule has 0 saturated heterocycles. The Morgan fingerprint density at radius 3 is 1.92 bits per heavy atom. The maximum Gasteiger partial charge on any atom is 0.137 e. The molecule has 9 rings (SSSR count). The Morgan fingerprint density at radius 1 is 0.460 bits per heavy atom. The van der Waals surface area contributed by atoms with Crippen molar-refractivity contribution in [2.45, 2.75) is 6.42 Å². The second-order valence-corrected chi connectivity index (χ2v) is 12.6. The highest BCUT2D eigenvalue weighted by Crippen LogP contribution is 2.34. The van der Waals surface area contributed by atoms with E-state index in [1.165, 1.54) is 46.2 Å². The van der Waals surface area contributed by atoms with Gasteiger partial charge in [0.1, 0.15) is 17.5 Å². The first-order chi connectivity index (χ1) is 24.6. The summed E-state index contributed by atoms with van der Waals surface area (Å²) in [6, 6.07) is 49.2. The lowest BCUT2D eigenvalue weighted by Crippen LogP contribution is -1.98. The second kappa shape index (κ2) is 12.2. The molecule has 50 heavy (non-hydrogen) atoms. The lowest BCUT2D eigenvalue weighted by atomic mass is 9.96. The van der Waals surface area contributed by atoms with Crippen LogP contribution in [0.2, 0.25) is 0 Å². The van der Waals surface area contributed by atoms with Crippen LogP contribution in [0, 0.1) is 11.6 Å². The summed E-state index contributed by atoms with van der Waals surface area (Å²) in [5, 5.41) is 4.49. The van der Waals surface area contributed by atoms with Gasteiger partial charge in [-0.15, -0.1) is 0 Å². The number of aromatic nitrogens is 3. The molecule has 3 nitrogen and oxygen atoms in total. The molecule has 0 radical (unpaired) electrons. The van der Waals surface area contributed by atoms with E-state index in [-0.39, 0.29) is 11.6 Å². The number of benzene rings is 6. The third-order valence-electron chi connectivity index (χ3n) is 9.44. The molecule has 5 heteroatoms. The van der Waals surface area contributed by atoms with Crippen LogP contribution in [0.1, 0.15) is 11.1 Å². The Bertz CT molecular complexity index is 2680. The van der Waals surface area contributed by atoms with Gasteiger partial charge in [-0.05, 0) is 106 Å². The minimum Gasteiger partial charge on any atom is -0.294 e. The van der Waals surface area contributed by atoms with Gasteiger partial charge in [0.05, 0.1) is 16.7 Å². The maximum absolute atomic E-state index is 13.5. The number of rotatable bonds is 6. The fraction of sp³-hybridized carbons (Fsp3) is 0.0222. The molecule has 9 aromatic rings. The Kier molecular flexibility index (Phi) is 7.24. The highest BCUT2D eigenvalue weighted by molar-refractivity contribution is 6.09. The van der Waals surface area contributed by atoms with E-state index in [2.05, 4.69) is 89.5 Å². The highest BCUT2D eigenvalue weighted by Gasteiger charge is 2.15. The van der Waals surface area contributed by atoms with Crippen LogP contribution in [-0.4, -0.2) is 14.5 Å². The van der Waals surface area contributed by atoms with Crippen molar-refractivity contribution < 1.29 is 8.78 Å². The molecule has 0 fully saturated rings. The van der Waals surface area contributed by atoms with Crippen LogP contribution < -0.4 is 0 Å². The molecule has 0 aliphatic rings. The summed E-state index contributed by atoms with van der Waals surface area (Å²) in [5.41, 5.74) is 10.4. The van der Waals surface area contributed by atoms with Crippen molar-refractivity contribution in [2.75, 3.05) is 0 Å². The molecule has 0 aliphatic heterocycles. The molecule has 238 valence electrons. The molecule has 0 N–H and O–H groups in total. The molecule has 0 aliphatic carbocycles. The monoisotopic (exact) mass is 649 g/mol. The van der Waals surface area contributed by atoms with Crippen LogP contribution in [0.15, 0.2) is 164 Å². The number of hydrogen-bond acceptors (Lipinski definition) is 2. The van der Waals surface area contributed by atoms with Crippen LogP contribution in [0.25, 0.3) is 71.9 Å². The molecule has 0 bridgehead atoms. The van der Waals surface area contributed by atoms with Gasteiger partial charge in [-0.25, -0.2) is 13.8 Å². The predicted octanol–water partition coefficient (Wildman–Crippen LogP) is 11.6. The molecular formula is C45H29F2N3. The first-order valence-corrected chi connectivity index (χ1v) is 16.6. The fourth-order valence-electron chi connectivity index (χ4n) is 7.00. The zero-order valence-corrected chi connectivity index (χ0v) is 26.9. The van der Waals surface area contributed by atoms with Gasteiger partial charge in [-0.2, -0.15) is 0 Å². The number of halogens is 2. The Labute approximate surface area is 287 Å². The van der Waals surface area contributed by atoms with Gasteiger partial charge in [0, 0.05) is 39.7 Å². The van der Waals surface area contributed by atoms with Crippen LogP contribution in [0.3, 0.4) is 0 Å². The van der Waals surface area contributed by atoms with Crippen molar-refractivity contribution in [3.63, 3.8) is 0 Å². The summed E-state index contributed by atoms with van der Waals surface area (Å²) in [6.07, 6.45) is 4.46. The van der Waals surface area contributed by atoms with Crippen molar-refractivity contribution in [1.29, 1.82) is 0 Å². The second-order valence-electron chi connectivity index (χ2n) is 12.6. The summed E-state index contributed by atoms with van der Waals surface area (Å²) >= 11 is 0. The normalized spacial score (nSPS) is 11.5. The van der Waals surface area contributed by atoms with Gasteiger partial charge < -0.3 is 0 Å². The molecule has 0 spiro atoms. The van der Waals surface area contributed by atoms with E-state index in [4.69, 9.17) is 9.97 Å². The fourth-order valence-corrected chi connectivity index (χ4v) is 7.00. The van der Waals surface area contributed by atoms with E-state index in [1.54, 1.807) is 24.3 Å². The van der Waals surface area contributed by atoms with Crippen LogP contribution in [0.5, 0.6) is 0 Å². The zero-order valence-electron chi connectivity index (χ0n) is 26.9. The van der Waals surface area contributed by atoms with Gasteiger partial charge in [-0.1, -0.05) is 84.9 Å². The zero-order chi connectivity index (χ0) is 33.6. The smallest absolute Gasteiger partial charge is 0.137 e. The quantitative estimate of drug-likeness (QED) is 0.179. The van der Waals surface area contributed by atoms with Gasteiger partial charge in [0.25, 0.3) is 0 Å². The summed E-state index contributed by atoms with van der Waals surface area (Å²) in [5.74, 6) is 0.329. The lowest BCUT2D eigenvalue weighted by molar-refractivity contribution is 0.627. The topological polar surface area (TPSA) is 30.7 Å². The van der Waals surface area contributed by atoms with Crippen LogP contribution >= 0.6 is 0 Å². The number of nitrogens with zero attached hydrogens (tertiary/aromatic N) is 3. The van der Waals surface area contributed by atoms with Gasteiger partial charge in [0.2, 0.25) is 0 Å². The van der Waals surface area contributed by atoms with E-state index in [0.717, 1.165) is 67.6 Å². The summed E-state index contributed by atoms with van der Waals surface area (Å²) in [4.78, 5) is 9.68. The number of fused-ring (bicyclic) bond motifs is 4. The Balaban J connectivity index is 1.06. The average molecular weight is 650 g/mol. The van der Waals surface area contributed by atoms with Gasteiger partial charge in [-0.3, -0.25) is 9.55 Å². The third-order valence-corrected chi connectivity index (χ3v) is 9.44. The van der Waals surface area contributed by atoms with Crippen LogP contribution in [0.4, 0.5) is 8.78 Å². The van der Waals surface area contributed by atoms with E-state index in [1.807, 2.05) is 30.6 Å². The van der Waals surface area contributed by atoms with Crippen molar-refractivity contribution in [3.8, 4) is 39.3 Å². The molecule has 0 atom stereocenters. The predicted molar refractivity (Wildman–Crippen MR) is 199 cm³/mol. The van der Waals surface area contributed by atoms with Crippen molar-refractivity contribution in [3.05, 3.63) is 187 Å². The van der Waals surface area contributed by atoms with E-state index < -0.39 is 0 Å². The highest BCUT2D eigenvalue weighted by atomic mass is 19.1. The van der Waals surface area contributed by atoms with Crippen LogP contribution in [-0.2, 0) is 6.42 Å². The molecule has 3 heterocycles. The number of pyridine rings is 2. The average Bonchev–Trinajstić information content (AvgIpc) is 3.49. The Morgan fingerprint density at radius 2 is 1.14 bits per heavy atom. The molecule has 0 saturated carbocycles. The summed E-state index contributed by atoms with van der Waals surface area (Å²) in [6.45, 7) is 0. The van der Waals surface area contributed by atoms with Crippen molar-refractivity contribution in [1.82, 2.24) is 14.5 Å². The lowest BCUT2D eigenvalue weighted by Gasteiger charge is -2.11. The standard InChI is InChI=1S/C45H29F2N3/c46-37-15-9-31(10-16-37)33-13-20-39-34(27-33)22-23-48-45(39)35-5-3-4-29(25-35)24-30-8-19-41-40-6-1-2-7-42(40)50(43(41)26-30)44-21-14-36(28-49-44)32-11-17-38(47)18-12-32/h1-23,25-28H,24H2. The molecule has 3 aromatic heterocycles. The van der Waals surface area contributed by atoms with Crippen molar-refractivity contribution in [2.24, 2.45) is 0 Å². The van der Waals surface area contributed by atoms with E-state index in [0.29, 0.717) is 0 Å². The van der Waals surface area contributed by atoms with Gasteiger partial charge in [0.15, 0.2) is 0 Å². The maximum atomic E-state index is 13.5. The molecule has 0 amide bonds. The largest absolute Gasteiger partial charge is 0.294 e. The minimum absolute atomic E-state index is 0.241. The first-order valence-electron chi connectivity index (χ1n) is 16.6. The molecular weight excluding hydrogens is 621 g/mol. The number of para-hydroxylation sites is 1. The summed E-state index contributed by atoms with van der Waals surface area (Å²) in [7, 11) is 0. The van der Waals surface area contributed by atoms with Gasteiger partial charge >= 0.3 is 0 Å². The summed E-state index contributed by atoms with van der Waals surface area (Å²) < 4.78 is 29.3. The minimum atomic E-state index is -0.255. The number of hydrogen-bond donors (Lipinski definition) is 0.